The van der Waals surface area contributed by atoms with E-state index < -0.39 is 0 Å². The first kappa shape index (κ1) is 13.4. The molecule has 0 atom stereocenters. The van der Waals surface area contributed by atoms with Gasteiger partial charge in [-0.2, -0.15) is 0 Å². The van der Waals surface area contributed by atoms with Crippen LogP contribution in [0.1, 0.15) is 29.5 Å². The number of methoxy groups -OCH3 is 1. The van der Waals surface area contributed by atoms with Gasteiger partial charge in [-0.1, -0.05) is 6.07 Å². The molecular weight excluding hydrogens is 226 g/mol. The number of hydrogen-bond acceptors (Lipinski definition) is 3. The summed E-state index contributed by atoms with van der Waals surface area (Å²) in [7, 11) is 1.74. The first-order valence-electron chi connectivity index (χ1n) is 6.56. The smallest absolute Gasteiger partial charge is 0.123 e. The Balaban J connectivity index is 2.41. The Morgan fingerprint density at radius 3 is 2.56 bits per heavy atom. The number of ether oxygens (including phenoxy) is 2. The monoisotopic (exact) mass is 249 g/mol. The van der Waals surface area contributed by atoms with Crippen molar-refractivity contribution in [1.29, 1.82) is 0 Å². The van der Waals surface area contributed by atoms with Crippen LogP contribution >= 0.6 is 0 Å². The molecule has 1 aliphatic heterocycles. The second kappa shape index (κ2) is 5.29. The summed E-state index contributed by atoms with van der Waals surface area (Å²) in [4.78, 5) is 0. The third-order valence-electron chi connectivity index (χ3n) is 3.81. The van der Waals surface area contributed by atoms with E-state index >= 15 is 0 Å². The van der Waals surface area contributed by atoms with Crippen LogP contribution in [-0.4, -0.2) is 26.9 Å². The van der Waals surface area contributed by atoms with Gasteiger partial charge in [-0.25, -0.2) is 0 Å². The fourth-order valence-corrected chi connectivity index (χ4v) is 2.97. The Morgan fingerprint density at radius 1 is 1.33 bits per heavy atom. The molecule has 0 spiro atoms. The second-order valence-electron chi connectivity index (χ2n) is 5.32. The fraction of sp³-hybridized carbons (Fsp3) is 0.600. The van der Waals surface area contributed by atoms with Crippen LogP contribution in [-0.2, 0) is 10.2 Å². The van der Waals surface area contributed by atoms with E-state index in [9.17, 15) is 0 Å². The minimum atomic E-state index is 0.114. The molecule has 1 fully saturated rings. The molecule has 18 heavy (non-hydrogen) atoms. The topological polar surface area (TPSA) is 44.5 Å². The van der Waals surface area contributed by atoms with Gasteiger partial charge in [0.05, 0.1) is 20.3 Å². The Morgan fingerprint density at radius 2 is 2.06 bits per heavy atom. The van der Waals surface area contributed by atoms with Crippen molar-refractivity contribution >= 4 is 0 Å². The van der Waals surface area contributed by atoms with Gasteiger partial charge in [0.25, 0.3) is 0 Å². The third kappa shape index (κ3) is 2.25. The van der Waals surface area contributed by atoms with E-state index in [0.717, 1.165) is 38.3 Å². The Bertz CT molecular complexity index is 425. The zero-order chi connectivity index (χ0) is 13.2. The lowest BCUT2D eigenvalue weighted by Crippen LogP contribution is -2.47. The van der Waals surface area contributed by atoms with Crippen molar-refractivity contribution in [1.82, 2.24) is 0 Å². The molecule has 0 radical (unpaired) electrons. The molecule has 1 aromatic rings. The summed E-state index contributed by atoms with van der Waals surface area (Å²) in [5, 5.41) is 0. The number of aryl methyl sites for hydroxylation is 2. The van der Waals surface area contributed by atoms with Gasteiger partial charge < -0.3 is 15.2 Å². The highest BCUT2D eigenvalue weighted by molar-refractivity contribution is 5.49. The predicted octanol–water partition coefficient (Wildman–Crippen LogP) is 2.32. The molecule has 100 valence electrons. The average Bonchev–Trinajstić information content (AvgIpc) is 2.29. The summed E-state index contributed by atoms with van der Waals surface area (Å²) in [6, 6.07) is 4.34. The van der Waals surface area contributed by atoms with E-state index in [-0.39, 0.29) is 5.41 Å². The van der Waals surface area contributed by atoms with Gasteiger partial charge in [0.15, 0.2) is 0 Å². The highest BCUT2D eigenvalue weighted by atomic mass is 16.5. The van der Waals surface area contributed by atoms with E-state index in [4.69, 9.17) is 15.2 Å². The minimum Gasteiger partial charge on any atom is -0.496 e. The van der Waals surface area contributed by atoms with Crippen LogP contribution in [0, 0.1) is 13.8 Å². The molecule has 1 aromatic carbocycles. The quantitative estimate of drug-likeness (QED) is 0.871. The van der Waals surface area contributed by atoms with Gasteiger partial charge in [-0.3, -0.25) is 0 Å². The maximum atomic E-state index is 5.65. The maximum Gasteiger partial charge on any atom is 0.123 e. The maximum absolute atomic E-state index is 5.65. The highest BCUT2D eigenvalue weighted by Crippen LogP contribution is 2.43. The van der Waals surface area contributed by atoms with Crippen molar-refractivity contribution in [2.45, 2.75) is 32.1 Å². The van der Waals surface area contributed by atoms with Crippen LogP contribution in [0.4, 0.5) is 0 Å². The molecular formula is C15H23NO2. The van der Waals surface area contributed by atoms with Crippen LogP contribution in [0.3, 0.4) is 0 Å². The number of hydrogen-bond donors (Lipinski definition) is 1. The van der Waals surface area contributed by atoms with E-state index in [2.05, 4.69) is 26.0 Å². The molecule has 0 amide bonds. The first-order chi connectivity index (χ1) is 8.63. The summed E-state index contributed by atoms with van der Waals surface area (Å²) in [6.07, 6.45) is 2.10. The highest BCUT2D eigenvalue weighted by Gasteiger charge is 2.42. The molecule has 1 saturated heterocycles. The fourth-order valence-electron chi connectivity index (χ4n) is 2.97. The van der Waals surface area contributed by atoms with Gasteiger partial charge in [0.2, 0.25) is 0 Å². The Hall–Kier alpha value is -1.06. The molecule has 0 aromatic heterocycles. The lowest BCUT2D eigenvalue weighted by molar-refractivity contribution is -0.0661. The lowest BCUT2D eigenvalue weighted by atomic mass is 9.72. The zero-order valence-electron chi connectivity index (χ0n) is 11.6. The number of nitrogens with two attached hydrogens (primary N) is 1. The van der Waals surface area contributed by atoms with Crippen molar-refractivity contribution in [3.8, 4) is 5.75 Å². The molecule has 0 bridgehead atoms. The van der Waals surface area contributed by atoms with Gasteiger partial charge in [-0.15, -0.1) is 0 Å². The number of benzene rings is 1. The lowest BCUT2D eigenvalue weighted by Gasteiger charge is -2.43. The molecule has 1 heterocycles. The zero-order valence-corrected chi connectivity index (χ0v) is 11.6. The summed E-state index contributed by atoms with van der Waals surface area (Å²) < 4.78 is 11.1. The summed E-state index contributed by atoms with van der Waals surface area (Å²) in [6.45, 7) is 6.56. The van der Waals surface area contributed by atoms with E-state index in [0.29, 0.717) is 0 Å². The first-order valence-corrected chi connectivity index (χ1v) is 6.56. The van der Waals surface area contributed by atoms with Crippen LogP contribution in [0.2, 0.25) is 0 Å². The minimum absolute atomic E-state index is 0.114. The molecule has 3 heteroatoms. The Labute approximate surface area is 109 Å². The largest absolute Gasteiger partial charge is 0.496 e. The van der Waals surface area contributed by atoms with Crippen LogP contribution in [0.25, 0.3) is 0 Å². The van der Waals surface area contributed by atoms with Gasteiger partial charge in [0, 0.05) is 11.0 Å². The molecule has 1 aliphatic rings. The standard InChI is InChI=1S/C15H23NO2/c1-11-7-12(2)14(13(8-11)17-3)15(5-4-6-16)9-18-10-15/h7-8H,4-6,9-10,16H2,1-3H3. The van der Waals surface area contributed by atoms with Crippen LogP contribution < -0.4 is 10.5 Å². The van der Waals surface area contributed by atoms with E-state index in [1.165, 1.54) is 16.7 Å². The van der Waals surface area contributed by atoms with E-state index in [1.54, 1.807) is 7.11 Å². The number of rotatable bonds is 5. The molecule has 2 rings (SSSR count). The molecule has 0 unspecified atom stereocenters. The van der Waals surface area contributed by atoms with E-state index in [1.807, 2.05) is 0 Å². The van der Waals surface area contributed by atoms with Gasteiger partial charge in [0.1, 0.15) is 5.75 Å². The van der Waals surface area contributed by atoms with Crippen LogP contribution in [0.15, 0.2) is 12.1 Å². The second-order valence-corrected chi connectivity index (χ2v) is 5.32. The molecule has 2 N–H and O–H groups in total. The van der Waals surface area contributed by atoms with Crippen molar-refractivity contribution in [3.63, 3.8) is 0 Å². The predicted molar refractivity (Wildman–Crippen MR) is 73.3 cm³/mol. The average molecular weight is 249 g/mol. The van der Waals surface area contributed by atoms with Crippen molar-refractivity contribution in [2.24, 2.45) is 5.73 Å². The molecule has 3 nitrogen and oxygen atoms in total. The van der Waals surface area contributed by atoms with Gasteiger partial charge in [-0.05, 0) is 50.4 Å². The molecule has 0 saturated carbocycles. The van der Waals surface area contributed by atoms with Crippen LogP contribution in [0.5, 0.6) is 5.75 Å². The Kier molecular flexibility index (Phi) is 3.93. The normalized spacial score (nSPS) is 17.3. The van der Waals surface area contributed by atoms with Gasteiger partial charge >= 0.3 is 0 Å². The molecule has 0 aliphatic carbocycles. The van der Waals surface area contributed by atoms with Crippen molar-refractivity contribution < 1.29 is 9.47 Å². The SMILES string of the molecule is COc1cc(C)cc(C)c1C1(CCCN)COC1. The summed E-state index contributed by atoms with van der Waals surface area (Å²) in [5.74, 6) is 0.993. The van der Waals surface area contributed by atoms with Crippen molar-refractivity contribution in [2.75, 3.05) is 26.9 Å². The van der Waals surface area contributed by atoms with Crippen molar-refractivity contribution in [3.05, 3.63) is 28.8 Å². The third-order valence-corrected chi connectivity index (χ3v) is 3.81. The summed E-state index contributed by atoms with van der Waals surface area (Å²) in [5.41, 5.74) is 9.62. The summed E-state index contributed by atoms with van der Waals surface area (Å²) >= 11 is 0.